The van der Waals surface area contributed by atoms with Crippen molar-refractivity contribution in [2.75, 3.05) is 55.2 Å². The van der Waals surface area contributed by atoms with Gasteiger partial charge in [0.05, 0.1) is 37.6 Å². The van der Waals surface area contributed by atoms with E-state index in [0.717, 1.165) is 25.9 Å². The molecule has 5 saturated carbocycles. The van der Waals surface area contributed by atoms with Crippen molar-refractivity contribution in [2.24, 2.45) is 34.5 Å². The lowest BCUT2D eigenvalue weighted by atomic mass is 9.43. The molecule has 13 atom stereocenters. The second kappa shape index (κ2) is 11.1. The maximum absolute atomic E-state index is 13.9. The number of carbonyl (C=O) groups is 2. The molecule has 1 saturated heterocycles. The van der Waals surface area contributed by atoms with Crippen LogP contribution in [0.4, 0.5) is 0 Å². The van der Waals surface area contributed by atoms with Crippen LogP contribution in [-0.2, 0) is 33.2 Å². The van der Waals surface area contributed by atoms with Gasteiger partial charge in [-0.1, -0.05) is 6.92 Å². The van der Waals surface area contributed by atoms with E-state index >= 15 is 0 Å². The summed E-state index contributed by atoms with van der Waals surface area (Å²) in [6, 6.07) is 6.66. The Morgan fingerprint density at radius 1 is 0.978 bits per heavy atom. The van der Waals surface area contributed by atoms with Gasteiger partial charge < -0.3 is 38.3 Å². The number of methoxy groups -OCH3 is 5. The number of likely N-dealkylation sites (tertiary alicyclic amines) is 1. The first-order valence-corrected chi connectivity index (χ1v) is 16.6. The summed E-state index contributed by atoms with van der Waals surface area (Å²) in [6.45, 7) is 5.80. The molecular weight excluding hydrogens is 594 g/mol. The topological polar surface area (TPSA) is 122 Å². The zero-order valence-corrected chi connectivity index (χ0v) is 28.0. The molecule has 5 aliphatic carbocycles. The number of aliphatic hydroxyl groups is 1. The Morgan fingerprint density at radius 3 is 2.28 bits per heavy atom. The van der Waals surface area contributed by atoms with Crippen LogP contribution >= 0.6 is 0 Å². The van der Waals surface area contributed by atoms with Crippen molar-refractivity contribution >= 4 is 11.9 Å². The Morgan fingerprint density at radius 2 is 1.70 bits per heavy atom. The number of ether oxygens (including phenoxy) is 7. The van der Waals surface area contributed by atoms with Gasteiger partial charge in [0.1, 0.15) is 23.1 Å². The summed E-state index contributed by atoms with van der Waals surface area (Å²) < 4.78 is 43.6. The Hall–Kier alpha value is -2.28. The summed E-state index contributed by atoms with van der Waals surface area (Å²) in [5, 5.41) is 12.8. The highest BCUT2D eigenvalue weighted by Crippen LogP contribution is 2.80. The highest BCUT2D eigenvalue weighted by molar-refractivity contribution is 5.89. The molecule has 1 aromatic carbocycles. The van der Waals surface area contributed by atoms with Crippen molar-refractivity contribution in [3.05, 3.63) is 29.8 Å². The molecule has 254 valence electrons. The molecular formula is C35H49NO10. The van der Waals surface area contributed by atoms with Crippen molar-refractivity contribution in [2.45, 2.75) is 81.2 Å². The van der Waals surface area contributed by atoms with Crippen LogP contribution in [0.15, 0.2) is 24.3 Å². The molecule has 7 bridgehead atoms. The van der Waals surface area contributed by atoms with Crippen LogP contribution in [0.25, 0.3) is 0 Å². The highest BCUT2D eigenvalue weighted by atomic mass is 16.6. The normalized spacial score (nSPS) is 46.6. The van der Waals surface area contributed by atoms with Gasteiger partial charge in [0.15, 0.2) is 0 Å². The van der Waals surface area contributed by atoms with Crippen LogP contribution in [0.2, 0.25) is 0 Å². The molecule has 11 nitrogen and oxygen atoms in total. The third kappa shape index (κ3) is 3.87. The fourth-order valence-electron chi connectivity index (χ4n) is 12.4. The standard InChI is InChI=1S/C35H49NO10/c1-8-36-17-32(18-40-3)14-13-23(42-5)35-22-15-33(39)24(43-6)16-34(46-19(2)37,26(29(35)36)27(44-7)28(32)35)25(22)30(33)45-31(38)20-9-11-21(41-4)12-10-20/h9-12,22-30,39H,8,13-18H2,1-7H3/t22-,23+,24+,25-,26+,27+,28-,29?,30-,32+,33+,34-,35+/m1/s1. The van der Waals surface area contributed by atoms with Crippen LogP contribution in [-0.4, -0.2) is 119 Å². The summed E-state index contributed by atoms with van der Waals surface area (Å²) in [5.74, 6) is -1.38. The smallest absolute Gasteiger partial charge is 0.338 e. The van der Waals surface area contributed by atoms with E-state index in [1.807, 2.05) is 0 Å². The van der Waals surface area contributed by atoms with Crippen molar-refractivity contribution in [1.29, 1.82) is 0 Å². The highest BCUT2D eigenvalue weighted by Gasteiger charge is 2.89. The van der Waals surface area contributed by atoms with E-state index in [2.05, 4.69) is 11.8 Å². The average molecular weight is 644 g/mol. The number of hydrogen-bond donors (Lipinski definition) is 1. The number of piperidine rings is 1. The molecule has 1 heterocycles. The van der Waals surface area contributed by atoms with Gasteiger partial charge >= 0.3 is 11.9 Å². The summed E-state index contributed by atoms with van der Waals surface area (Å²) in [7, 11) is 8.44. The van der Waals surface area contributed by atoms with E-state index < -0.39 is 46.7 Å². The molecule has 7 rings (SSSR count). The van der Waals surface area contributed by atoms with Gasteiger partial charge in [-0.25, -0.2) is 4.79 Å². The SMILES string of the molecule is CCN1C[C@]2(COC)CC[C@H](OC)[C@]34C1[C@H]([C@H](OC)[C@H]23)[C@@]1(OC(C)=O)C[C@H](OC)[C@@]2(O)C[C@@H]4[C@@H]1[C@H]2OC(=O)c1ccc(OC)cc1. The van der Waals surface area contributed by atoms with E-state index in [9.17, 15) is 14.7 Å². The Labute approximate surface area is 271 Å². The zero-order chi connectivity index (χ0) is 32.8. The van der Waals surface area contributed by atoms with E-state index in [4.69, 9.17) is 33.2 Å². The van der Waals surface area contributed by atoms with Gasteiger partial charge in [-0.15, -0.1) is 0 Å². The Balaban J connectivity index is 1.46. The second-order valence-electron chi connectivity index (χ2n) is 14.6. The predicted molar refractivity (Wildman–Crippen MR) is 164 cm³/mol. The van der Waals surface area contributed by atoms with Crippen LogP contribution in [0.1, 0.15) is 49.9 Å². The summed E-state index contributed by atoms with van der Waals surface area (Å²) >= 11 is 0. The molecule has 46 heavy (non-hydrogen) atoms. The van der Waals surface area contributed by atoms with E-state index in [-0.39, 0.29) is 47.8 Å². The van der Waals surface area contributed by atoms with Gasteiger partial charge in [-0.05, 0) is 56.0 Å². The van der Waals surface area contributed by atoms with Crippen LogP contribution in [0, 0.1) is 34.5 Å². The van der Waals surface area contributed by atoms with Gasteiger partial charge in [0, 0.05) is 83.0 Å². The van der Waals surface area contributed by atoms with E-state index in [1.54, 1.807) is 59.8 Å². The second-order valence-corrected chi connectivity index (χ2v) is 14.6. The lowest BCUT2D eigenvalue weighted by Gasteiger charge is -2.69. The van der Waals surface area contributed by atoms with Gasteiger partial charge in [0.25, 0.3) is 0 Å². The Bertz CT molecular complexity index is 1360. The molecule has 6 fully saturated rings. The predicted octanol–water partition coefficient (Wildman–Crippen LogP) is 2.72. The monoisotopic (exact) mass is 643 g/mol. The average Bonchev–Trinajstić information content (AvgIpc) is 3.42. The quantitative estimate of drug-likeness (QED) is 0.379. The molecule has 0 radical (unpaired) electrons. The number of hydrogen-bond acceptors (Lipinski definition) is 11. The van der Waals surface area contributed by atoms with Gasteiger partial charge in [0.2, 0.25) is 0 Å². The third-order valence-electron chi connectivity index (χ3n) is 13.3. The number of carbonyl (C=O) groups excluding carboxylic acids is 2. The number of esters is 2. The fourth-order valence-corrected chi connectivity index (χ4v) is 12.4. The minimum atomic E-state index is -1.51. The van der Waals surface area contributed by atoms with Crippen molar-refractivity contribution in [1.82, 2.24) is 4.90 Å². The van der Waals surface area contributed by atoms with Crippen molar-refractivity contribution in [3.8, 4) is 5.75 Å². The third-order valence-corrected chi connectivity index (χ3v) is 13.3. The maximum Gasteiger partial charge on any atom is 0.338 e. The van der Waals surface area contributed by atoms with Crippen LogP contribution < -0.4 is 4.74 Å². The first-order chi connectivity index (χ1) is 22.1. The van der Waals surface area contributed by atoms with Crippen molar-refractivity contribution < 1.29 is 47.9 Å². The van der Waals surface area contributed by atoms with E-state index in [1.165, 1.54) is 6.92 Å². The van der Waals surface area contributed by atoms with E-state index in [0.29, 0.717) is 24.3 Å². The molecule has 1 spiro atoms. The molecule has 0 aromatic heterocycles. The number of benzene rings is 1. The zero-order valence-electron chi connectivity index (χ0n) is 28.0. The van der Waals surface area contributed by atoms with Crippen molar-refractivity contribution in [3.63, 3.8) is 0 Å². The van der Waals surface area contributed by atoms with Crippen LogP contribution in [0.3, 0.4) is 0 Å². The summed E-state index contributed by atoms with van der Waals surface area (Å²) in [6.07, 6.45) is 0.142. The molecule has 6 aliphatic rings. The minimum Gasteiger partial charge on any atom is -0.497 e. The molecule has 11 heteroatoms. The molecule has 1 aromatic rings. The lowest BCUT2D eigenvalue weighted by molar-refractivity contribution is -0.287. The summed E-state index contributed by atoms with van der Waals surface area (Å²) in [4.78, 5) is 29.7. The number of nitrogens with zero attached hydrogens (tertiary/aromatic N) is 1. The Kier molecular flexibility index (Phi) is 7.81. The molecule has 1 aliphatic heterocycles. The van der Waals surface area contributed by atoms with Gasteiger partial charge in [-0.3, -0.25) is 9.69 Å². The largest absolute Gasteiger partial charge is 0.497 e. The minimum absolute atomic E-state index is 0.00534. The fraction of sp³-hybridized carbons (Fsp3) is 0.771. The number of fused-ring (bicyclic) bond motifs is 2. The lowest BCUT2D eigenvalue weighted by Crippen LogP contribution is -2.77. The molecule has 1 N–H and O–H groups in total. The van der Waals surface area contributed by atoms with Crippen LogP contribution in [0.5, 0.6) is 5.75 Å². The molecule has 0 amide bonds. The van der Waals surface area contributed by atoms with Gasteiger partial charge in [-0.2, -0.15) is 0 Å². The first-order valence-electron chi connectivity index (χ1n) is 16.6. The molecule has 1 unspecified atom stereocenters. The maximum atomic E-state index is 13.9. The number of rotatable bonds is 10. The summed E-state index contributed by atoms with van der Waals surface area (Å²) in [5.41, 5.74) is -3.03. The first kappa shape index (κ1) is 32.3.